The second-order valence-corrected chi connectivity index (χ2v) is 6.98. The molecule has 0 saturated carbocycles. The van der Waals surface area contributed by atoms with E-state index < -0.39 is 5.97 Å². The van der Waals surface area contributed by atoms with Crippen LogP contribution >= 0.6 is 11.3 Å². The summed E-state index contributed by atoms with van der Waals surface area (Å²) in [7, 11) is 1.68. The number of hydrogen-bond acceptors (Lipinski definition) is 6. The zero-order chi connectivity index (χ0) is 19.2. The zero-order valence-electron chi connectivity index (χ0n) is 15.3. The van der Waals surface area contributed by atoms with Gasteiger partial charge in [-0.15, -0.1) is 11.3 Å². The monoisotopic (exact) mass is 387 g/mol. The van der Waals surface area contributed by atoms with Crippen LogP contribution in [0.3, 0.4) is 0 Å². The molecular weight excluding hydrogens is 366 g/mol. The van der Waals surface area contributed by atoms with Crippen molar-refractivity contribution in [2.24, 2.45) is 0 Å². The van der Waals surface area contributed by atoms with Crippen LogP contribution < -0.4 is 0 Å². The van der Waals surface area contributed by atoms with Crippen molar-refractivity contribution in [3.05, 3.63) is 58.0 Å². The molecule has 3 rings (SSSR count). The Bertz CT molecular complexity index is 916. The van der Waals surface area contributed by atoms with Crippen LogP contribution in [0.4, 0.5) is 0 Å². The number of benzene rings is 1. The number of furan rings is 1. The number of rotatable bonds is 8. The lowest BCUT2D eigenvalue weighted by molar-refractivity contribution is -0.133. The van der Waals surface area contributed by atoms with Crippen LogP contribution in [0.1, 0.15) is 27.9 Å². The van der Waals surface area contributed by atoms with Crippen molar-refractivity contribution in [2.45, 2.75) is 20.1 Å². The van der Waals surface area contributed by atoms with Crippen molar-refractivity contribution in [1.29, 1.82) is 0 Å². The lowest BCUT2D eigenvalue weighted by atomic mass is 10.1. The van der Waals surface area contributed by atoms with Gasteiger partial charge in [-0.05, 0) is 24.4 Å². The summed E-state index contributed by atoms with van der Waals surface area (Å²) in [5.41, 5.74) is 1.22. The third-order valence-corrected chi connectivity index (χ3v) is 4.92. The van der Waals surface area contributed by atoms with Crippen LogP contribution in [0.2, 0.25) is 0 Å². The highest BCUT2D eigenvalue weighted by atomic mass is 32.1. The second kappa shape index (κ2) is 8.83. The third-order valence-electron chi connectivity index (χ3n) is 4.06. The molecule has 2 heterocycles. The van der Waals surface area contributed by atoms with Crippen LogP contribution in [0.25, 0.3) is 11.0 Å². The first kappa shape index (κ1) is 19.1. The molecule has 6 nitrogen and oxygen atoms in total. The Hall–Kier alpha value is -2.64. The number of fused-ring (bicyclic) bond motifs is 1. The SMILES string of the molecule is CCOCc1c(C(=O)OCC(=O)N(C)Cc2cccs2)oc2ccccc12. The summed E-state index contributed by atoms with van der Waals surface area (Å²) in [6.07, 6.45) is 0. The maximum atomic E-state index is 12.5. The Kier molecular flexibility index (Phi) is 6.26. The smallest absolute Gasteiger partial charge is 0.375 e. The van der Waals surface area contributed by atoms with Gasteiger partial charge in [-0.3, -0.25) is 4.79 Å². The van der Waals surface area contributed by atoms with Gasteiger partial charge in [0, 0.05) is 29.5 Å². The van der Waals surface area contributed by atoms with E-state index in [4.69, 9.17) is 13.9 Å². The Morgan fingerprint density at radius 3 is 2.74 bits per heavy atom. The van der Waals surface area contributed by atoms with Gasteiger partial charge in [-0.1, -0.05) is 24.3 Å². The molecule has 0 aliphatic rings. The maximum Gasteiger partial charge on any atom is 0.375 e. The number of hydrogen-bond donors (Lipinski definition) is 0. The summed E-state index contributed by atoms with van der Waals surface area (Å²) in [5.74, 6) is -0.864. The predicted molar refractivity (Wildman–Crippen MR) is 103 cm³/mol. The molecule has 3 aromatic rings. The average molecular weight is 387 g/mol. The summed E-state index contributed by atoms with van der Waals surface area (Å²) in [6, 6.07) is 11.2. The van der Waals surface area contributed by atoms with Crippen molar-refractivity contribution in [3.8, 4) is 0 Å². The summed E-state index contributed by atoms with van der Waals surface area (Å²) < 4.78 is 16.3. The average Bonchev–Trinajstić information content (AvgIpc) is 3.31. The van der Waals surface area contributed by atoms with E-state index in [-0.39, 0.29) is 24.9 Å². The van der Waals surface area contributed by atoms with Crippen LogP contribution in [0, 0.1) is 0 Å². The highest BCUT2D eigenvalue weighted by Crippen LogP contribution is 2.27. The van der Waals surface area contributed by atoms with Gasteiger partial charge in [0.15, 0.2) is 6.61 Å². The fourth-order valence-corrected chi connectivity index (χ4v) is 3.40. The molecule has 0 radical (unpaired) electrons. The molecule has 0 fully saturated rings. The van der Waals surface area contributed by atoms with E-state index in [0.29, 0.717) is 24.3 Å². The lowest BCUT2D eigenvalue weighted by Gasteiger charge is -2.16. The largest absolute Gasteiger partial charge is 0.450 e. The maximum absolute atomic E-state index is 12.5. The normalized spacial score (nSPS) is 10.9. The molecule has 0 saturated heterocycles. The molecule has 27 heavy (non-hydrogen) atoms. The van der Waals surface area contributed by atoms with Gasteiger partial charge < -0.3 is 18.8 Å². The van der Waals surface area contributed by atoms with Gasteiger partial charge in [0.1, 0.15) is 5.58 Å². The van der Waals surface area contributed by atoms with E-state index in [1.165, 1.54) is 4.90 Å². The highest BCUT2D eigenvalue weighted by Gasteiger charge is 2.23. The number of ether oxygens (including phenoxy) is 2. The quantitative estimate of drug-likeness (QED) is 0.549. The van der Waals surface area contributed by atoms with Crippen LogP contribution in [0.15, 0.2) is 46.2 Å². The lowest BCUT2D eigenvalue weighted by Crippen LogP contribution is -2.30. The summed E-state index contributed by atoms with van der Waals surface area (Å²) in [6.45, 7) is 2.77. The van der Waals surface area contributed by atoms with Gasteiger partial charge in [0.25, 0.3) is 5.91 Å². The minimum Gasteiger partial charge on any atom is -0.450 e. The molecule has 0 aliphatic carbocycles. The first-order valence-corrected chi connectivity index (χ1v) is 9.49. The van der Waals surface area contributed by atoms with E-state index in [1.807, 2.05) is 42.6 Å². The zero-order valence-corrected chi connectivity index (χ0v) is 16.1. The number of carbonyl (C=O) groups is 2. The predicted octanol–water partition coefficient (Wildman–Crippen LogP) is 3.85. The summed E-state index contributed by atoms with van der Waals surface area (Å²) >= 11 is 1.57. The number of nitrogens with zero attached hydrogens (tertiary/aromatic N) is 1. The Balaban J connectivity index is 1.67. The fourth-order valence-electron chi connectivity index (χ4n) is 2.64. The van der Waals surface area contributed by atoms with E-state index in [1.54, 1.807) is 24.5 Å². The van der Waals surface area contributed by atoms with Gasteiger partial charge in [0.2, 0.25) is 5.76 Å². The first-order chi connectivity index (χ1) is 13.1. The molecular formula is C20H21NO5S. The number of para-hydroxylation sites is 1. The van der Waals surface area contributed by atoms with E-state index in [9.17, 15) is 9.59 Å². The van der Waals surface area contributed by atoms with Gasteiger partial charge in [0.05, 0.1) is 13.2 Å². The van der Waals surface area contributed by atoms with Crippen molar-refractivity contribution < 1.29 is 23.5 Å². The molecule has 0 bridgehead atoms. The third kappa shape index (κ3) is 4.56. The van der Waals surface area contributed by atoms with E-state index in [2.05, 4.69) is 0 Å². The molecule has 0 unspecified atom stereocenters. The van der Waals surface area contributed by atoms with Crippen molar-refractivity contribution >= 4 is 34.2 Å². The number of carbonyl (C=O) groups excluding carboxylic acids is 2. The highest BCUT2D eigenvalue weighted by molar-refractivity contribution is 7.09. The minimum atomic E-state index is -0.668. The number of esters is 1. The Morgan fingerprint density at radius 2 is 2.00 bits per heavy atom. The second-order valence-electron chi connectivity index (χ2n) is 5.95. The molecule has 7 heteroatoms. The summed E-state index contributed by atoms with van der Waals surface area (Å²) in [5, 5.41) is 2.76. The fraction of sp³-hybridized carbons (Fsp3) is 0.300. The molecule has 1 aromatic carbocycles. The van der Waals surface area contributed by atoms with Crippen LogP contribution in [-0.4, -0.2) is 37.0 Å². The minimum absolute atomic E-state index is 0.0818. The van der Waals surface area contributed by atoms with E-state index >= 15 is 0 Å². The molecule has 0 N–H and O–H groups in total. The number of likely N-dealkylation sites (N-methyl/N-ethyl adjacent to an activating group) is 1. The molecule has 0 aliphatic heterocycles. The Morgan fingerprint density at radius 1 is 1.19 bits per heavy atom. The van der Waals surface area contributed by atoms with Crippen molar-refractivity contribution in [2.75, 3.05) is 20.3 Å². The van der Waals surface area contributed by atoms with Crippen molar-refractivity contribution in [1.82, 2.24) is 4.90 Å². The molecule has 0 spiro atoms. The van der Waals surface area contributed by atoms with Crippen LogP contribution in [0.5, 0.6) is 0 Å². The molecule has 142 valence electrons. The summed E-state index contributed by atoms with van der Waals surface area (Å²) in [4.78, 5) is 27.3. The first-order valence-electron chi connectivity index (χ1n) is 8.61. The number of thiophene rings is 1. The van der Waals surface area contributed by atoms with Crippen LogP contribution in [-0.2, 0) is 27.4 Å². The van der Waals surface area contributed by atoms with Gasteiger partial charge >= 0.3 is 5.97 Å². The van der Waals surface area contributed by atoms with Gasteiger partial charge in [-0.2, -0.15) is 0 Å². The molecule has 1 amide bonds. The van der Waals surface area contributed by atoms with Crippen molar-refractivity contribution in [3.63, 3.8) is 0 Å². The topological polar surface area (TPSA) is 69.0 Å². The van der Waals surface area contributed by atoms with E-state index in [0.717, 1.165) is 10.3 Å². The standard InChI is InChI=1S/C20H21NO5S/c1-3-24-12-16-15-8-4-5-9-17(15)26-19(16)20(23)25-13-18(22)21(2)11-14-7-6-10-27-14/h4-10H,3,11-13H2,1-2H3. The molecule has 2 aromatic heterocycles. The number of amides is 1. The van der Waals surface area contributed by atoms with Gasteiger partial charge in [-0.25, -0.2) is 4.79 Å². The molecule has 0 atom stereocenters. The Labute approximate surface area is 161 Å².